The number of hydrogen-bond donors (Lipinski definition) is 2. The monoisotopic (exact) mass is 344 g/mol. The van der Waals surface area contributed by atoms with Crippen LogP contribution in [0, 0.1) is 6.92 Å². The van der Waals surface area contributed by atoms with Gasteiger partial charge in [-0.2, -0.15) is 0 Å². The van der Waals surface area contributed by atoms with Crippen LogP contribution in [-0.4, -0.2) is 0 Å². The molecule has 18 heavy (non-hydrogen) atoms. The Morgan fingerprint density at radius 1 is 1.39 bits per heavy atom. The van der Waals surface area contributed by atoms with Crippen LogP contribution in [0.2, 0.25) is 4.34 Å². The Balaban J connectivity index is 2.25. The molecule has 0 aliphatic carbocycles. The molecule has 0 aliphatic heterocycles. The molecule has 0 fully saturated rings. The third-order valence-corrected chi connectivity index (χ3v) is 5.03. The van der Waals surface area contributed by atoms with Gasteiger partial charge in [-0.05, 0) is 36.2 Å². The number of nitrogens with one attached hydrogen (secondary N) is 1. The summed E-state index contributed by atoms with van der Waals surface area (Å²) in [6, 6.07) is 10.2. The summed E-state index contributed by atoms with van der Waals surface area (Å²) < 4.78 is 1.91. The van der Waals surface area contributed by atoms with Gasteiger partial charge in [0.25, 0.3) is 0 Å². The number of benzene rings is 1. The fourth-order valence-corrected chi connectivity index (χ4v) is 3.44. The summed E-state index contributed by atoms with van der Waals surface area (Å²) in [5.41, 5.74) is 5.30. The molecular formula is C13H14BrClN2S. The van der Waals surface area contributed by atoms with E-state index >= 15 is 0 Å². The van der Waals surface area contributed by atoms with Crippen molar-refractivity contribution in [2.24, 2.45) is 5.84 Å². The van der Waals surface area contributed by atoms with E-state index in [0.717, 1.165) is 15.2 Å². The van der Waals surface area contributed by atoms with Crippen molar-refractivity contribution in [2.45, 2.75) is 19.4 Å². The number of thiophene rings is 1. The molecule has 0 spiro atoms. The van der Waals surface area contributed by atoms with Crippen molar-refractivity contribution in [2.75, 3.05) is 0 Å². The quantitative estimate of drug-likeness (QED) is 0.643. The van der Waals surface area contributed by atoms with Crippen molar-refractivity contribution in [3.8, 4) is 0 Å². The standard InChI is InChI=1S/C13H14BrClN2S/c1-8-10(3-2-4-11(8)14)12(17-16)7-9-5-6-13(15)18-9/h2-6,12,17H,7,16H2,1H3. The van der Waals surface area contributed by atoms with Crippen LogP contribution in [0.3, 0.4) is 0 Å². The average Bonchev–Trinajstić information content (AvgIpc) is 2.76. The van der Waals surface area contributed by atoms with Crippen molar-refractivity contribution < 1.29 is 0 Å². The van der Waals surface area contributed by atoms with E-state index in [9.17, 15) is 0 Å². The highest BCUT2D eigenvalue weighted by Crippen LogP contribution is 2.29. The van der Waals surface area contributed by atoms with E-state index in [1.165, 1.54) is 16.0 Å². The molecule has 1 unspecified atom stereocenters. The van der Waals surface area contributed by atoms with Gasteiger partial charge >= 0.3 is 0 Å². The molecule has 0 saturated carbocycles. The molecule has 3 N–H and O–H groups in total. The molecule has 5 heteroatoms. The van der Waals surface area contributed by atoms with Crippen molar-refractivity contribution >= 4 is 38.9 Å². The minimum Gasteiger partial charge on any atom is -0.271 e. The van der Waals surface area contributed by atoms with Gasteiger partial charge in [0.2, 0.25) is 0 Å². The van der Waals surface area contributed by atoms with Crippen LogP contribution in [0.15, 0.2) is 34.8 Å². The van der Waals surface area contributed by atoms with Crippen LogP contribution in [0.5, 0.6) is 0 Å². The van der Waals surface area contributed by atoms with E-state index < -0.39 is 0 Å². The third kappa shape index (κ3) is 3.13. The van der Waals surface area contributed by atoms with Gasteiger partial charge in [-0.1, -0.05) is 39.7 Å². The molecule has 1 aromatic carbocycles. The van der Waals surface area contributed by atoms with E-state index in [0.29, 0.717) is 0 Å². The van der Waals surface area contributed by atoms with Gasteiger partial charge in [0.05, 0.1) is 10.4 Å². The van der Waals surface area contributed by atoms with E-state index in [-0.39, 0.29) is 6.04 Å². The number of nitrogens with two attached hydrogens (primary N) is 1. The first kappa shape index (κ1) is 14.0. The Morgan fingerprint density at radius 2 is 2.17 bits per heavy atom. The SMILES string of the molecule is Cc1c(Br)cccc1C(Cc1ccc(Cl)s1)NN. The van der Waals surface area contributed by atoms with Gasteiger partial charge in [0, 0.05) is 15.8 Å². The van der Waals surface area contributed by atoms with E-state index in [2.05, 4.69) is 34.3 Å². The fourth-order valence-electron chi connectivity index (χ4n) is 1.92. The molecule has 2 nitrogen and oxygen atoms in total. The second-order valence-corrected chi connectivity index (χ2v) is 6.74. The van der Waals surface area contributed by atoms with Crippen LogP contribution >= 0.6 is 38.9 Å². The minimum atomic E-state index is 0.0946. The van der Waals surface area contributed by atoms with Gasteiger partial charge in [0.1, 0.15) is 0 Å². The maximum absolute atomic E-state index is 5.95. The zero-order valence-corrected chi connectivity index (χ0v) is 13.1. The molecule has 2 rings (SSSR count). The normalized spacial score (nSPS) is 12.7. The first-order chi connectivity index (χ1) is 8.61. The average molecular weight is 346 g/mol. The lowest BCUT2D eigenvalue weighted by molar-refractivity contribution is 0.552. The molecule has 0 bridgehead atoms. The van der Waals surface area contributed by atoms with Crippen molar-refractivity contribution in [1.82, 2.24) is 5.43 Å². The zero-order chi connectivity index (χ0) is 13.1. The summed E-state index contributed by atoms with van der Waals surface area (Å²) in [7, 11) is 0. The van der Waals surface area contributed by atoms with Crippen molar-refractivity contribution in [3.63, 3.8) is 0 Å². The van der Waals surface area contributed by atoms with Crippen LogP contribution in [0.25, 0.3) is 0 Å². The number of rotatable bonds is 4. The number of halogens is 2. The Hall–Kier alpha value is -0.390. The van der Waals surface area contributed by atoms with E-state index in [4.69, 9.17) is 17.4 Å². The Bertz CT molecular complexity index is 542. The molecule has 1 heterocycles. The van der Waals surface area contributed by atoms with Gasteiger partial charge in [0.15, 0.2) is 0 Å². The summed E-state index contributed by atoms with van der Waals surface area (Å²) >= 11 is 11.1. The molecule has 2 aromatic rings. The van der Waals surface area contributed by atoms with E-state index in [1.807, 2.05) is 24.3 Å². The highest BCUT2D eigenvalue weighted by atomic mass is 79.9. The van der Waals surface area contributed by atoms with Crippen LogP contribution in [0.4, 0.5) is 0 Å². The first-order valence-electron chi connectivity index (χ1n) is 5.57. The Labute approximate surface area is 124 Å². The smallest absolute Gasteiger partial charge is 0.0931 e. The van der Waals surface area contributed by atoms with Crippen LogP contribution in [-0.2, 0) is 6.42 Å². The van der Waals surface area contributed by atoms with Gasteiger partial charge in [-0.15, -0.1) is 11.3 Å². The van der Waals surface area contributed by atoms with Crippen molar-refractivity contribution in [3.05, 3.63) is 55.1 Å². The number of hydrazine groups is 1. The van der Waals surface area contributed by atoms with Crippen LogP contribution in [0.1, 0.15) is 22.0 Å². The largest absolute Gasteiger partial charge is 0.271 e. The molecule has 1 atom stereocenters. The van der Waals surface area contributed by atoms with Crippen LogP contribution < -0.4 is 11.3 Å². The molecule has 0 saturated heterocycles. The maximum Gasteiger partial charge on any atom is 0.0931 e. The fraction of sp³-hybridized carbons (Fsp3) is 0.231. The summed E-state index contributed by atoms with van der Waals surface area (Å²) in [5.74, 6) is 5.68. The molecular weight excluding hydrogens is 332 g/mol. The summed E-state index contributed by atoms with van der Waals surface area (Å²) in [5, 5.41) is 0. The predicted octanol–water partition coefficient (Wildman–Crippen LogP) is 4.22. The molecule has 1 aromatic heterocycles. The summed E-state index contributed by atoms with van der Waals surface area (Å²) in [6.45, 7) is 2.09. The second-order valence-electron chi connectivity index (χ2n) is 4.08. The van der Waals surface area contributed by atoms with Crippen molar-refractivity contribution in [1.29, 1.82) is 0 Å². The van der Waals surface area contributed by atoms with Gasteiger partial charge < -0.3 is 0 Å². The first-order valence-corrected chi connectivity index (χ1v) is 7.56. The lowest BCUT2D eigenvalue weighted by Gasteiger charge is -2.18. The lowest BCUT2D eigenvalue weighted by atomic mass is 9.99. The molecule has 0 aliphatic rings. The van der Waals surface area contributed by atoms with Gasteiger partial charge in [-0.3, -0.25) is 11.3 Å². The highest BCUT2D eigenvalue weighted by Gasteiger charge is 2.15. The highest BCUT2D eigenvalue weighted by molar-refractivity contribution is 9.10. The third-order valence-electron chi connectivity index (χ3n) is 2.92. The predicted molar refractivity (Wildman–Crippen MR) is 82.0 cm³/mol. The molecule has 96 valence electrons. The van der Waals surface area contributed by atoms with Gasteiger partial charge in [-0.25, -0.2) is 0 Å². The number of hydrogen-bond acceptors (Lipinski definition) is 3. The second kappa shape index (κ2) is 6.17. The minimum absolute atomic E-state index is 0.0946. The Kier molecular flexibility index (Phi) is 4.81. The van der Waals surface area contributed by atoms with E-state index in [1.54, 1.807) is 11.3 Å². The maximum atomic E-state index is 5.95. The molecule has 0 amide bonds. The topological polar surface area (TPSA) is 38.0 Å². The lowest BCUT2D eigenvalue weighted by Crippen LogP contribution is -2.30. The summed E-state index contributed by atoms with van der Waals surface area (Å²) in [4.78, 5) is 1.22. The zero-order valence-electron chi connectivity index (χ0n) is 9.91. The molecule has 0 radical (unpaired) electrons. The summed E-state index contributed by atoms with van der Waals surface area (Å²) in [6.07, 6.45) is 0.838. The Morgan fingerprint density at radius 3 is 2.78 bits per heavy atom.